The van der Waals surface area contributed by atoms with Crippen LogP contribution in [-0.2, 0) is 0 Å². The summed E-state index contributed by atoms with van der Waals surface area (Å²) in [6.07, 6.45) is 1.30. The molecule has 0 saturated carbocycles. The third kappa shape index (κ3) is 4.52. The molecule has 2 heteroatoms. The molecule has 0 unspecified atom stereocenters. The van der Waals surface area contributed by atoms with Gasteiger partial charge in [0.05, 0.1) is 0 Å². The molecule has 15 heavy (non-hydrogen) atoms. The highest BCUT2D eigenvalue weighted by atomic mass is 15.2. The Balaban J connectivity index is 2.72. The first-order valence-corrected chi connectivity index (χ1v) is 6.07. The second kappa shape index (κ2) is 4.42. The Morgan fingerprint density at radius 1 is 0.733 bits per heavy atom. The van der Waals surface area contributed by atoms with Crippen molar-refractivity contribution in [2.45, 2.75) is 34.1 Å². The van der Waals surface area contributed by atoms with Crippen LogP contribution >= 0.6 is 0 Å². The number of rotatable bonds is 0. The zero-order valence-electron chi connectivity index (χ0n) is 11.4. The van der Waals surface area contributed by atoms with E-state index in [1.165, 1.54) is 32.6 Å². The Kier molecular flexibility index (Phi) is 3.83. The lowest BCUT2D eigenvalue weighted by Gasteiger charge is -2.33. The van der Waals surface area contributed by atoms with Gasteiger partial charge in [0, 0.05) is 19.6 Å². The van der Waals surface area contributed by atoms with Gasteiger partial charge in [0.25, 0.3) is 0 Å². The van der Waals surface area contributed by atoms with Crippen molar-refractivity contribution in [2.75, 3.05) is 40.3 Å². The molecule has 1 aliphatic rings. The average Bonchev–Trinajstić information content (AvgIpc) is 1.98. The standard InChI is InChI=1S/C13H28N2/c1-12(2)7-8-14(5)10-13(3,4)11-15(6)9-12/h7-11H2,1-6H3. The van der Waals surface area contributed by atoms with Gasteiger partial charge in [-0.1, -0.05) is 27.7 Å². The van der Waals surface area contributed by atoms with Crippen molar-refractivity contribution in [2.24, 2.45) is 10.8 Å². The highest BCUT2D eigenvalue weighted by Gasteiger charge is 2.28. The van der Waals surface area contributed by atoms with Crippen LogP contribution < -0.4 is 0 Å². The molecule has 1 rings (SSSR count). The molecule has 0 bridgehead atoms. The Labute approximate surface area is 95.6 Å². The van der Waals surface area contributed by atoms with Crippen LogP contribution in [0.3, 0.4) is 0 Å². The lowest BCUT2D eigenvalue weighted by atomic mass is 9.88. The number of hydrogen-bond acceptors (Lipinski definition) is 2. The van der Waals surface area contributed by atoms with Gasteiger partial charge in [0.2, 0.25) is 0 Å². The molecule has 2 nitrogen and oxygen atoms in total. The minimum absolute atomic E-state index is 0.407. The third-order valence-electron chi connectivity index (χ3n) is 3.26. The maximum atomic E-state index is 2.50. The van der Waals surface area contributed by atoms with Crippen molar-refractivity contribution >= 4 is 0 Å². The van der Waals surface area contributed by atoms with Gasteiger partial charge < -0.3 is 9.80 Å². The average molecular weight is 212 g/mol. The van der Waals surface area contributed by atoms with Crippen LogP contribution in [0.15, 0.2) is 0 Å². The number of hydrogen-bond donors (Lipinski definition) is 0. The molecule has 0 aromatic carbocycles. The molecule has 0 radical (unpaired) electrons. The van der Waals surface area contributed by atoms with Crippen LogP contribution in [-0.4, -0.2) is 50.1 Å². The summed E-state index contributed by atoms with van der Waals surface area (Å²) in [7, 11) is 4.51. The second-order valence-corrected chi connectivity index (χ2v) is 6.99. The second-order valence-electron chi connectivity index (χ2n) is 6.99. The van der Waals surface area contributed by atoms with E-state index in [4.69, 9.17) is 0 Å². The van der Waals surface area contributed by atoms with Crippen LogP contribution in [0.25, 0.3) is 0 Å². The molecule has 1 heterocycles. The van der Waals surface area contributed by atoms with Gasteiger partial charge >= 0.3 is 0 Å². The first-order valence-electron chi connectivity index (χ1n) is 6.07. The largest absolute Gasteiger partial charge is 0.306 e. The van der Waals surface area contributed by atoms with Crippen molar-refractivity contribution in [1.29, 1.82) is 0 Å². The van der Waals surface area contributed by atoms with Crippen LogP contribution in [0.4, 0.5) is 0 Å². The molecule has 0 aliphatic carbocycles. The Hall–Kier alpha value is -0.0800. The van der Waals surface area contributed by atoms with Crippen LogP contribution in [0.5, 0.6) is 0 Å². The summed E-state index contributed by atoms with van der Waals surface area (Å²) in [6.45, 7) is 14.4. The van der Waals surface area contributed by atoms with Crippen molar-refractivity contribution in [3.05, 3.63) is 0 Å². The van der Waals surface area contributed by atoms with E-state index in [-0.39, 0.29) is 0 Å². The van der Waals surface area contributed by atoms with Gasteiger partial charge in [-0.15, -0.1) is 0 Å². The number of nitrogens with zero attached hydrogens (tertiary/aromatic N) is 2. The summed E-state index contributed by atoms with van der Waals surface area (Å²) >= 11 is 0. The van der Waals surface area contributed by atoms with Gasteiger partial charge in [0.15, 0.2) is 0 Å². The van der Waals surface area contributed by atoms with Crippen LogP contribution in [0.1, 0.15) is 34.1 Å². The Bertz CT molecular complexity index is 209. The van der Waals surface area contributed by atoms with Gasteiger partial charge in [-0.05, 0) is 37.9 Å². The molecule has 1 aliphatic heterocycles. The highest BCUT2D eigenvalue weighted by Crippen LogP contribution is 2.27. The smallest absolute Gasteiger partial charge is 0.00421 e. The van der Waals surface area contributed by atoms with E-state index in [1.807, 2.05) is 0 Å². The van der Waals surface area contributed by atoms with Crippen molar-refractivity contribution in [1.82, 2.24) is 9.80 Å². The third-order valence-corrected chi connectivity index (χ3v) is 3.26. The lowest BCUT2D eigenvalue weighted by molar-refractivity contribution is 0.152. The quantitative estimate of drug-likeness (QED) is 0.608. The summed E-state index contributed by atoms with van der Waals surface area (Å²) < 4.78 is 0. The molecule has 0 aromatic heterocycles. The predicted octanol–water partition coefficient (Wildman–Crippen LogP) is 2.31. The predicted molar refractivity (Wildman–Crippen MR) is 67.2 cm³/mol. The minimum atomic E-state index is 0.407. The monoisotopic (exact) mass is 212 g/mol. The molecule has 1 fully saturated rings. The van der Waals surface area contributed by atoms with E-state index >= 15 is 0 Å². The topological polar surface area (TPSA) is 6.48 Å². The fourth-order valence-electron chi connectivity index (χ4n) is 2.95. The molecule has 90 valence electrons. The molecule has 0 spiro atoms. The summed E-state index contributed by atoms with van der Waals surface area (Å²) in [6, 6.07) is 0. The maximum Gasteiger partial charge on any atom is 0.00421 e. The maximum absolute atomic E-state index is 2.50. The van der Waals surface area contributed by atoms with E-state index < -0.39 is 0 Å². The molecule has 1 saturated heterocycles. The molecule has 0 aromatic rings. The molecular formula is C13H28N2. The SMILES string of the molecule is CN1CCC(C)(C)CN(C)CC(C)(C)C1. The first-order chi connectivity index (χ1) is 6.70. The van der Waals surface area contributed by atoms with Gasteiger partial charge in [-0.2, -0.15) is 0 Å². The van der Waals surface area contributed by atoms with Crippen molar-refractivity contribution in [3.63, 3.8) is 0 Å². The van der Waals surface area contributed by atoms with Crippen molar-refractivity contribution < 1.29 is 0 Å². The van der Waals surface area contributed by atoms with Crippen LogP contribution in [0.2, 0.25) is 0 Å². The first kappa shape index (κ1) is 13.0. The highest BCUT2D eigenvalue weighted by molar-refractivity contribution is 4.82. The fraction of sp³-hybridized carbons (Fsp3) is 1.00. The zero-order chi connectivity index (χ0) is 11.7. The van der Waals surface area contributed by atoms with E-state index in [0.717, 1.165) is 0 Å². The Morgan fingerprint density at radius 2 is 1.20 bits per heavy atom. The summed E-state index contributed by atoms with van der Waals surface area (Å²) in [5.74, 6) is 0. The molecule has 0 N–H and O–H groups in total. The van der Waals surface area contributed by atoms with Gasteiger partial charge in [0.1, 0.15) is 0 Å². The summed E-state index contributed by atoms with van der Waals surface area (Å²) in [4.78, 5) is 4.99. The van der Waals surface area contributed by atoms with E-state index in [0.29, 0.717) is 10.8 Å². The fourth-order valence-corrected chi connectivity index (χ4v) is 2.95. The Morgan fingerprint density at radius 3 is 1.80 bits per heavy atom. The summed E-state index contributed by atoms with van der Waals surface area (Å²) in [5.41, 5.74) is 0.855. The van der Waals surface area contributed by atoms with E-state index in [1.54, 1.807) is 0 Å². The molecule has 0 atom stereocenters. The summed E-state index contributed by atoms with van der Waals surface area (Å²) in [5, 5.41) is 0. The minimum Gasteiger partial charge on any atom is -0.306 e. The molecular weight excluding hydrogens is 184 g/mol. The zero-order valence-corrected chi connectivity index (χ0v) is 11.4. The van der Waals surface area contributed by atoms with Gasteiger partial charge in [-0.3, -0.25) is 0 Å². The van der Waals surface area contributed by atoms with Crippen LogP contribution in [0, 0.1) is 10.8 Å². The van der Waals surface area contributed by atoms with E-state index in [2.05, 4.69) is 51.6 Å². The van der Waals surface area contributed by atoms with Crippen molar-refractivity contribution in [3.8, 4) is 0 Å². The van der Waals surface area contributed by atoms with Gasteiger partial charge in [-0.25, -0.2) is 0 Å². The lowest BCUT2D eigenvalue weighted by Crippen LogP contribution is -2.39. The van der Waals surface area contributed by atoms with E-state index in [9.17, 15) is 0 Å². The normalized spacial score (nSPS) is 29.2. The molecule has 0 amide bonds.